The SMILES string of the molecule is N#Cc1cnc2ccc(N)cc2c1Nc1ccc(Br)c(Br)c1. The van der Waals surface area contributed by atoms with Crippen molar-refractivity contribution in [3.63, 3.8) is 0 Å². The van der Waals surface area contributed by atoms with Crippen LogP contribution in [0.3, 0.4) is 0 Å². The Labute approximate surface area is 144 Å². The third-order valence-electron chi connectivity index (χ3n) is 3.20. The molecular formula is C16H10Br2N4. The lowest BCUT2D eigenvalue weighted by molar-refractivity contribution is 1.36. The molecule has 4 nitrogen and oxygen atoms in total. The zero-order valence-corrected chi connectivity index (χ0v) is 14.4. The molecule has 0 fully saturated rings. The molecule has 0 aliphatic carbocycles. The van der Waals surface area contributed by atoms with Crippen LogP contribution >= 0.6 is 31.9 Å². The number of rotatable bonds is 2. The maximum absolute atomic E-state index is 9.35. The second-order valence-electron chi connectivity index (χ2n) is 4.69. The van der Waals surface area contributed by atoms with Crippen LogP contribution < -0.4 is 11.1 Å². The van der Waals surface area contributed by atoms with E-state index in [1.165, 1.54) is 0 Å². The van der Waals surface area contributed by atoms with Gasteiger partial charge in [-0.15, -0.1) is 0 Å². The van der Waals surface area contributed by atoms with E-state index in [4.69, 9.17) is 5.73 Å². The summed E-state index contributed by atoms with van der Waals surface area (Å²) < 4.78 is 1.89. The van der Waals surface area contributed by atoms with Crippen molar-refractivity contribution >= 4 is 59.8 Å². The number of nitrogens with two attached hydrogens (primary N) is 1. The van der Waals surface area contributed by atoms with Crippen LogP contribution in [-0.2, 0) is 0 Å². The van der Waals surface area contributed by atoms with Gasteiger partial charge in [0, 0.05) is 31.9 Å². The fourth-order valence-electron chi connectivity index (χ4n) is 2.15. The third-order valence-corrected chi connectivity index (χ3v) is 5.08. The summed E-state index contributed by atoms with van der Waals surface area (Å²) in [7, 11) is 0. The number of anilines is 3. The topological polar surface area (TPSA) is 74.7 Å². The van der Waals surface area contributed by atoms with Crippen molar-refractivity contribution in [1.29, 1.82) is 5.26 Å². The average Bonchev–Trinajstić information content (AvgIpc) is 2.51. The molecule has 1 heterocycles. The molecule has 0 radical (unpaired) electrons. The minimum Gasteiger partial charge on any atom is -0.399 e. The molecule has 1 aromatic heterocycles. The fraction of sp³-hybridized carbons (Fsp3) is 0. The highest BCUT2D eigenvalue weighted by Gasteiger charge is 2.10. The van der Waals surface area contributed by atoms with Crippen LogP contribution in [-0.4, -0.2) is 4.98 Å². The Morgan fingerprint density at radius 2 is 1.91 bits per heavy atom. The molecule has 2 aromatic carbocycles. The molecule has 0 unspecified atom stereocenters. The van der Waals surface area contributed by atoms with Crippen LogP contribution in [0.2, 0.25) is 0 Å². The number of nitrogens with one attached hydrogen (secondary N) is 1. The van der Waals surface area contributed by atoms with Crippen molar-refractivity contribution < 1.29 is 0 Å². The van der Waals surface area contributed by atoms with E-state index in [9.17, 15) is 5.26 Å². The van der Waals surface area contributed by atoms with Crippen molar-refractivity contribution in [3.8, 4) is 6.07 Å². The maximum atomic E-state index is 9.35. The van der Waals surface area contributed by atoms with Gasteiger partial charge in [-0.1, -0.05) is 0 Å². The number of pyridine rings is 1. The largest absolute Gasteiger partial charge is 0.399 e. The van der Waals surface area contributed by atoms with Crippen molar-refractivity contribution in [2.75, 3.05) is 11.1 Å². The van der Waals surface area contributed by atoms with E-state index in [-0.39, 0.29) is 0 Å². The Balaban J connectivity index is 2.17. The second kappa shape index (κ2) is 5.95. The van der Waals surface area contributed by atoms with E-state index in [1.807, 2.05) is 30.3 Å². The Bertz CT molecular complexity index is 916. The van der Waals surface area contributed by atoms with Crippen LogP contribution in [0.25, 0.3) is 10.9 Å². The van der Waals surface area contributed by atoms with Gasteiger partial charge in [0.05, 0.1) is 16.8 Å². The first kappa shape index (κ1) is 14.8. The van der Waals surface area contributed by atoms with E-state index in [0.29, 0.717) is 16.9 Å². The predicted octanol–water partition coefficient (Wildman–Crippen LogP) is 4.96. The van der Waals surface area contributed by atoms with Crippen molar-refractivity contribution in [2.24, 2.45) is 0 Å². The van der Waals surface area contributed by atoms with E-state index in [2.05, 4.69) is 48.2 Å². The molecule has 0 aliphatic rings. The summed E-state index contributed by atoms with van der Waals surface area (Å²) in [6.45, 7) is 0. The molecule has 108 valence electrons. The first-order valence-corrected chi connectivity index (χ1v) is 7.97. The molecule has 0 amide bonds. The Kier molecular flexibility index (Phi) is 4.01. The van der Waals surface area contributed by atoms with Gasteiger partial charge >= 0.3 is 0 Å². The highest BCUT2D eigenvalue weighted by molar-refractivity contribution is 9.13. The lowest BCUT2D eigenvalue weighted by Crippen LogP contribution is -1.97. The van der Waals surface area contributed by atoms with E-state index >= 15 is 0 Å². The van der Waals surface area contributed by atoms with Gasteiger partial charge in [0.2, 0.25) is 0 Å². The smallest absolute Gasteiger partial charge is 0.103 e. The van der Waals surface area contributed by atoms with Gasteiger partial charge in [-0.25, -0.2) is 0 Å². The number of halogens is 2. The van der Waals surface area contributed by atoms with Gasteiger partial charge in [0.25, 0.3) is 0 Å². The summed E-state index contributed by atoms with van der Waals surface area (Å²) in [5.74, 6) is 0. The summed E-state index contributed by atoms with van der Waals surface area (Å²) in [5, 5.41) is 13.5. The zero-order valence-electron chi connectivity index (χ0n) is 11.3. The van der Waals surface area contributed by atoms with Gasteiger partial charge in [-0.05, 0) is 68.3 Å². The van der Waals surface area contributed by atoms with E-state index < -0.39 is 0 Å². The minimum absolute atomic E-state index is 0.470. The number of fused-ring (bicyclic) bond motifs is 1. The standard InChI is InChI=1S/C16H10Br2N4/c17-13-3-2-11(6-14(13)18)22-16-9(7-19)8-21-15-4-1-10(20)5-12(15)16/h1-6,8H,20H2,(H,21,22). The van der Waals surface area contributed by atoms with Crippen molar-refractivity contribution in [3.05, 3.63) is 57.1 Å². The number of benzene rings is 2. The second-order valence-corrected chi connectivity index (χ2v) is 6.40. The number of aromatic nitrogens is 1. The number of nitriles is 1. The molecule has 0 bridgehead atoms. The number of nitrogen functional groups attached to an aromatic ring is 1. The van der Waals surface area contributed by atoms with Crippen LogP contribution in [0.1, 0.15) is 5.56 Å². The normalized spacial score (nSPS) is 10.4. The third kappa shape index (κ3) is 2.78. The van der Waals surface area contributed by atoms with Gasteiger partial charge < -0.3 is 11.1 Å². The molecular weight excluding hydrogens is 408 g/mol. The summed E-state index contributed by atoms with van der Waals surface area (Å²) >= 11 is 6.91. The molecule has 3 aromatic rings. The van der Waals surface area contributed by atoms with E-state index in [1.54, 1.807) is 12.3 Å². The van der Waals surface area contributed by atoms with Crippen LogP contribution in [0.4, 0.5) is 17.1 Å². The number of nitrogens with zero attached hydrogens (tertiary/aromatic N) is 2. The van der Waals surface area contributed by atoms with Gasteiger partial charge in [0.1, 0.15) is 6.07 Å². The molecule has 0 saturated heterocycles. The molecule has 0 aliphatic heterocycles. The first-order valence-electron chi connectivity index (χ1n) is 6.39. The average molecular weight is 418 g/mol. The molecule has 0 saturated carbocycles. The van der Waals surface area contributed by atoms with Crippen LogP contribution in [0.15, 0.2) is 51.5 Å². The Morgan fingerprint density at radius 3 is 2.64 bits per heavy atom. The predicted molar refractivity (Wildman–Crippen MR) is 96.0 cm³/mol. The van der Waals surface area contributed by atoms with Gasteiger partial charge in [-0.2, -0.15) is 5.26 Å². The summed E-state index contributed by atoms with van der Waals surface area (Å²) in [6, 6.07) is 13.4. The summed E-state index contributed by atoms with van der Waals surface area (Å²) in [6.07, 6.45) is 1.56. The van der Waals surface area contributed by atoms with Crippen molar-refractivity contribution in [2.45, 2.75) is 0 Å². The number of hydrogen-bond donors (Lipinski definition) is 2. The zero-order chi connectivity index (χ0) is 15.7. The van der Waals surface area contributed by atoms with Gasteiger partial charge in [0.15, 0.2) is 0 Å². The number of hydrogen-bond acceptors (Lipinski definition) is 4. The van der Waals surface area contributed by atoms with Crippen molar-refractivity contribution in [1.82, 2.24) is 4.98 Å². The first-order chi connectivity index (χ1) is 10.6. The Morgan fingerprint density at radius 1 is 1.09 bits per heavy atom. The fourth-order valence-corrected chi connectivity index (χ4v) is 2.77. The highest BCUT2D eigenvalue weighted by atomic mass is 79.9. The molecule has 22 heavy (non-hydrogen) atoms. The minimum atomic E-state index is 0.470. The lowest BCUT2D eigenvalue weighted by atomic mass is 10.1. The molecule has 6 heteroatoms. The van der Waals surface area contributed by atoms with Gasteiger partial charge in [-0.3, -0.25) is 4.98 Å². The molecule has 3 rings (SSSR count). The lowest BCUT2D eigenvalue weighted by Gasteiger charge is -2.12. The highest BCUT2D eigenvalue weighted by Crippen LogP contribution is 2.32. The molecule has 3 N–H and O–H groups in total. The quantitative estimate of drug-likeness (QED) is 0.578. The summed E-state index contributed by atoms with van der Waals surface area (Å²) in [4.78, 5) is 4.29. The summed E-state index contributed by atoms with van der Waals surface area (Å²) in [5.41, 5.74) is 9.32. The molecule has 0 spiro atoms. The monoisotopic (exact) mass is 416 g/mol. The van der Waals surface area contributed by atoms with Crippen LogP contribution in [0.5, 0.6) is 0 Å². The molecule has 0 atom stereocenters. The van der Waals surface area contributed by atoms with E-state index in [0.717, 1.165) is 25.5 Å². The Hall–Kier alpha value is -2.10. The van der Waals surface area contributed by atoms with Crippen LogP contribution in [0, 0.1) is 11.3 Å². The maximum Gasteiger partial charge on any atom is 0.103 e.